The molecule has 1 aromatic rings. The Morgan fingerprint density at radius 1 is 1.21 bits per heavy atom. The van der Waals surface area contributed by atoms with Gasteiger partial charge in [0, 0.05) is 12.1 Å². The van der Waals surface area contributed by atoms with Crippen LogP contribution in [0.1, 0.15) is 56.7 Å². The lowest BCUT2D eigenvalue weighted by atomic mass is 9.77. The Hall–Kier alpha value is -0.860. The van der Waals surface area contributed by atoms with E-state index in [0.29, 0.717) is 18.0 Å². The summed E-state index contributed by atoms with van der Waals surface area (Å²) < 4.78 is 0. The molecule has 2 heteroatoms. The fraction of sp³-hybridized carbons (Fsp3) is 0.647. The van der Waals surface area contributed by atoms with Gasteiger partial charge in [0.2, 0.25) is 0 Å². The van der Waals surface area contributed by atoms with Crippen molar-refractivity contribution >= 4 is 0 Å². The summed E-state index contributed by atoms with van der Waals surface area (Å²) in [5, 5.41) is 3.77. The summed E-state index contributed by atoms with van der Waals surface area (Å²) in [4.78, 5) is 2.50. The Bertz CT molecular complexity index is 402. The molecule has 3 atom stereocenters. The Morgan fingerprint density at radius 2 is 1.89 bits per heavy atom. The molecule has 0 bridgehead atoms. The van der Waals surface area contributed by atoms with E-state index < -0.39 is 0 Å². The van der Waals surface area contributed by atoms with Gasteiger partial charge in [-0.05, 0) is 50.0 Å². The molecule has 3 unspecified atom stereocenters. The molecule has 1 aromatic carbocycles. The van der Waals surface area contributed by atoms with Crippen molar-refractivity contribution in [2.24, 2.45) is 0 Å². The molecule has 0 heterocycles. The zero-order valence-corrected chi connectivity index (χ0v) is 12.8. The fourth-order valence-electron chi connectivity index (χ4n) is 3.29. The van der Waals surface area contributed by atoms with Crippen LogP contribution in [-0.4, -0.2) is 31.1 Å². The molecule has 2 nitrogen and oxygen atoms in total. The van der Waals surface area contributed by atoms with Crippen LogP contribution in [0.5, 0.6) is 0 Å². The maximum Gasteiger partial charge on any atom is 0.0481 e. The van der Waals surface area contributed by atoms with Gasteiger partial charge in [-0.25, -0.2) is 0 Å². The summed E-state index contributed by atoms with van der Waals surface area (Å²) in [5.74, 6) is 0.662. The maximum absolute atomic E-state index is 3.77. The minimum atomic E-state index is 0.484. The van der Waals surface area contributed by atoms with E-state index in [1.807, 2.05) is 0 Å². The summed E-state index contributed by atoms with van der Waals surface area (Å²) in [5.41, 5.74) is 3.05. The number of rotatable bonds is 5. The predicted octanol–water partition coefficient (Wildman–Crippen LogP) is 3.55. The van der Waals surface area contributed by atoms with Gasteiger partial charge >= 0.3 is 0 Å². The zero-order chi connectivity index (χ0) is 13.8. The highest BCUT2D eigenvalue weighted by Gasteiger charge is 2.34. The summed E-state index contributed by atoms with van der Waals surface area (Å²) in [6.45, 7) is 9.07. The number of benzene rings is 1. The molecule has 19 heavy (non-hydrogen) atoms. The summed E-state index contributed by atoms with van der Waals surface area (Å²) >= 11 is 0. The highest BCUT2D eigenvalue weighted by atomic mass is 15.2. The van der Waals surface area contributed by atoms with Gasteiger partial charge < -0.3 is 10.2 Å². The van der Waals surface area contributed by atoms with Crippen LogP contribution in [0, 0.1) is 0 Å². The molecule has 1 aliphatic carbocycles. The number of hydrogen-bond donors (Lipinski definition) is 1. The molecule has 0 saturated carbocycles. The lowest BCUT2D eigenvalue weighted by Crippen LogP contribution is -2.46. The second-order valence-electron chi connectivity index (χ2n) is 5.84. The Labute approximate surface area is 118 Å². The molecule has 0 saturated heterocycles. The van der Waals surface area contributed by atoms with Crippen molar-refractivity contribution in [1.82, 2.24) is 10.2 Å². The SMILES string of the molecule is CCCNC1c2ccccc2C(C)CC1N(C)CC. The Balaban J connectivity index is 2.32. The van der Waals surface area contributed by atoms with Crippen molar-refractivity contribution in [2.75, 3.05) is 20.1 Å². The minimum absolute atomic E-state index is 0.484. The van der Waals surface area contributed by atoms with Crippen LogP contribution >= 0.6 is 0 Å². The van der Waals surface area contributed by atoms with Crippen LogP contribution in [0.15, 0.2) is 24.3 Å². The number of nitrogens with one attached hydrogen (secondary N) is 1. The first-order valence-corrected chi connectivity index (χ1v) is 7.71. The number of fused-ring (bicyclic) bond motifs is 1. The van der Waals surface area contributed by atoms with E-state index in [-0.39, 0.29) is 0 Å². The smallest absolute Gasteiger partial charge is 0.0481 e. The van der Waals surface area contributed by atoms with E-state index in [1.165, 1.54) is 24.0 Å². The average molecular weight is 260 g/mol. The normalized spacial score (nSPS) is 26.5. The van der Waals surface area contributed by atoms with Crippen LogP contribution in [0.25, 0.3) is 0 Å². The van der Waals surface area contributed by atoms with E-state index in [4.69, 9.17) is 0 Å². The molecule has 0 aromatic heterocycles. The molecular formula is C17H28N2. The quantitative estimate of drug-likeness (QED) is 0.871. The molecule has 0 spiro atoms. The zero-order valence-electron chi connectivity index (χ0n) is 12.8. The first-order valence-electron chi connectivity index (χ1n) is 7.71. The van der Waals surface area contributed by atoms with Crippen molar-refractivity contribution in [2.45, 2.75) is 51.6 Å². The van der Waals surface area contributed by atoms with Gasteiger partial charge in [0.25, 0.3) is 0 Å². The van der Waals surface area contributed by atoms with E-state index in [0.717, 1.165) is 13.1 Å². The molecule has 0 fully saturated rings. The van der Waals surface area contributed by atoms with Gasteiger partial charge in [0.15, 0.2) is 0 Å². The van der Waals surface area contributed by atoms with E-state index in [2.05, 4.69) is 62.3 Å². The monoisotopic (exact) mass is 260 g/mol. The predicted molar refractivity (Wildman–Crippen MR) is 82.6 cm³/mol. The van der Waals surface area contributed by atoms with Gasteiger partial charge in [-0.3, -0.25) is 0 Å². The first kappa shape index (κ1) is 14.5. The number of hydrogen-bond acceptors (Lipinski definition) is 2. The third kappa shape index (κ3) is 3.01. The molecule has 0 radical (unpaired) electrons. The van der Waals surface area contributed by atoms with Crippen molar-refractivity contribution < 1.29 is 0 Å². The van der Waals surface area contributed by atoms with Crippen LogP contribution in [0.4, 0.5) is 0 Å². The van der Waals surface area contributed by atoms with Gasteiger partial charge in [0.1, 0.15) is 0 Å². The van der Waals surface area contributed by atoms with Crippen molar-refractivity contribution in [1.29, 1.82) is 0 Å². The van der Waals surface area contributed by atoms with Gasteiger partial charge in [0.05, 0.1) is 0 Å². The number of nitrogens with zero attached hydrogens (tertiary/aromatic N) is 1. The summed E-state index contributed by atoms with van der Waals surface area (Å²) in [6.07, 6.45) is 2.44. The summed E-state index contributed by atoms with van der Waals surface area (Å²) in [6, 6.07) is 10.1. The van der Waals surface area contributed by atoms with Crippen LogP contribution < -0.4 is 5.32 Å². The molecule has 0 aliphatic heterocycles. The third-order valence-electron chi connectivity index (χ3n) is 4.52. The van der Waals surface area contributed by atoms with Gasteiger partial charge in [-0.15, -0.1) is 0 Å². The Morgan fingerprint density at radius 3 is 2.53 bits per heavy atom. The van der Waals surface area contributed by atoms with E-state index >= 15 is 0 Å². The third-order valence-corrected chi connectivity index (χ3v) is 4.52. The molecule has 2 rings (SSSR count). The highest BCUT2D eigenvalue weighted by Crippen LogP contribution is 2.39. The van der Waals surface area contributed by atoms with Crippen LogP contribution in [0.3, 0.4) is 0 Å². The average Bonchev–Trinajstić information content (AvgIpc) is 2.45. The minimum Gasteiger partial charge on any atom is -0.309 e. The second kappa shape index (κ2) is 6.53. The van der Waals surface area contributed by atoms with Crippen LogP contribution in [-0.2, 0) is 0 Å². The molecule has 106 valence electrons. The van der Waals surface area contributed by atoms with Gasteiger partial charge in [-0.2, -0.15) is 0 Å². The standard InChI is InChI=1S/C17H28N2/c1-5-11-18-17-15-10-8-7-9-14(15)13(3)12-16(17)19(4)6-2/h7-10,13,16-18H,5-6,11-12H2,1-4H3. The first-order chi connectivity index (χ1) is 9.19. The molecule has 1 N–H and O–H groups in total. The van der Waals surface area contributed by atoms with Crippen LogP contribution in [0.2, 0.25) is 0 Å². The molecule has 1 aliphatic rings. The van der Waals surface area contributed by atoms with E-state index in [9.17, 15) is 0 Å². The molecule has 0 amide bonds. The summed E-state index contributed by atoms with van der Waals surface area (Å²) in [7, 11) is 2.26. The lowest BCUT2D eigenvalue weighted by molar-refractivity contribution is 0.171. The van der Waals surface area contributed by atoms with Crippen molar-refractivity contribution in [3.63, 3.8) is 0 Å². The Kier molecular flexibility index (Phi) is 5.00. The lowest BCUT2D eigenvalue weighted by Gasteiger charge is -2.42. The largest absolute Gasteiger partial charge is 0.309 e. The molecular weight excluding hydrogens is 232 g/mol. The van der Waals surface area contributed by atoms with E-state index in [1.54, 1.807) is 0 Å². The highest BCUT2D eigenvalue weighted by molar-refractivity contribution is 5.36. The van der Waals surface area contributed by atoms with Gasteiger partial charge in [-0.1, -0.05) is 45.0 Å². The van der Waals surface area contributed by atoms with Crippen molar-refractivity contribution in [3.05, 3.63) is 35.4 Å². The maximum atomic E-state index is 3.77. The topological polar surface area (TPSA) is 15.3 Å². The van der Waals surface area contributed by atoms with Crippen molar-refractivity contribution in [3.8, 4) is 0 Å². The second-order valence-corrected chi connectivity index (χ2v) is 5.84. The number of likely N-dealkylation sites (N-methyl/N-ethyl adjacent to an activating group) is 1. The fourth-order valence-corrected chi connectivity index (χ4v) is 3.29.